The molecular weight excluding hydrogens is 274 g/mol. The minimum absolute atomic E-state index is 0.0987. The number of hydrogen-bond acceptors (Lipinski definition) is 2. The SMILES string of the molecule is COc1cccc(F)c1C(N)c1ccc(F)c(F)c1F. The van der Waals surface area contributed by atoms with Crippen molar-refractivity contribution < 1.29 is 22.3 Å². The van der Waals surface area contributed by atoms with Gasteiger partial charge in [-0.2, -0.15) is 0 Å². The van der Waals surface area contributed by atoms with Gasteiger partial charge in [0.05, 0.1) is 18.7 Å². The van der Waals surface area contributed by atoms with E-state index in [0.717, 1.165) is 18.2 Å². The van der Waals surface area contributed by atoms with E-state index in [4.69, 9.17) is 10.5 Å². The van der Waals surface area contributed by atoms with Crippen molar-refractivity contribution in [2.45, 2.75) is 6.04 Å². The third-order valence-electron chi connectivity index (χ3n) is 2.94. The summed E-state index contributed by atoms with van der Waals surface area (Å²) in [5.41, 5.74) is 5.28. The molecule has 2 aromatic carbocycles. The predicted molar refractivity (Wildman–Crippen MR) is 65.3 cm³/mol. The summed E-state index contributed by atoms with van der Waals surface area (Å²) in [7, 11) is 1.30. The number of rotatable bonds is 3. The largest absolute Gasteiger partial charge is 0.496 e. The summed E-state index contributed by atoms with van der Waals surface area (Å²) in [4.78, 5) is 0. The van der Waals surface area contributed by atoms with Crippen LogP contribution in [0.2, 0.25) is 0 Å². The van der Waals surface area contributed by atoms with Crippen LogP contribution in [0.25, 0.3) is 0 Å². The average Bonchev–Trinajstić information content (AvgIpc) is 2.44. The van der Waals surface area contributed by atoms with Gasteiger partial charge in [-0.1, -0.05) is 12.1 Å². The molecule has 0 radical (unpaired) electrons. The van der Waals surface area contributed by atoms with Gasteiger partial charge in [0.2, 0.25) is 0 Å². The second-order valence-corrected chi connectivity index (χ2v) is 4.10. The van der Waals surface area contributed by atoms with Gasteiger partial charge in [0.15, 0.2) is 17.5 Å². The number of methoxy groups -OCH3 is 1. The van der Waals surface area contributed by atoms with Gasteiger partial charge in [0.25, 0.3) is 0 Å². The number of benzene rings is 2. The highest BCUT2D eigenvalue weighted by Crippen LogP contribution is 2.32. The Kier molecular flexibility index (Phi) is 3.94. The van der Waals surface area contributed by atoms with E-state index in [9.17, 15) is 17.6 Å². The van der Waals surface area contributed by atoms with Crippen molar-refractivity contribution in [2.24, 2.45) is 5.73 Å². The molecule has 0 aliphatic rings. The molecule has 1 atom stereocenters. The summed E-state index contributed by atoms with van der Waals surface area (Å²) < 4.78 is 58.6. The van der Waals surface area contributed by atoms with Crippen molar-refractivity contribution in [3.05, 3.63) is 64.7 Å². The van der Waals surface area contributed by atoms with Crippen molar-refractivity contribution in [1.29, 1.82) is 0 Å². The summed E-state index contributed by atoms with van der Waals surface area (Å²) >= 11 is 0. The molecule has 2 N–H and O–H groups in total. The molecule has 0 heterocycles. The Labute approximate surface area is 112 Å². The third-order valence-corrected chi connectivity index (χ3v) is 2.94. The summed E-state index contributed by atoms with van der Waals surface area (Å²) in [6.45, 7) is 0. The average molecular weight is 285 g/mol. The lowest BCUT2D eigenvalue weighted by Gasteiger charge is -2.17. The Hall–Kier alpha value is -2.08. The van der Waals surface area contributed by atoms with Crippen molar-refractivity contribution >= 4 is 0 Å². The van der Waals surface area contributed by atoms with Crippen LogP contribution in [0.4, 0.5) is 17.6 Å². The molecule has 2 nitrogen and oxygen atoms in total. The molecule has 0 aliphatic heterocycles. The van der Waals surface area contributed by atoms with Gasteiger partial charge < -0.3 is 10.5 Å². The van der Waals surface area contributed by atoms with Crippen LogP contribution < -0.4 is 10.5 Å². The Morgan fingerprint density at radius 1 is 0.950 bits per heavy atom. The van der Waals surface area contributed by atoms with Crippen LogP contribution in [0.5, 0.6) is 5.75 Å². The molecule has 20 heavy (non-hydrogen) atoms. The fourth-order valence-electron chi connectivity index (χ4n) is 1.93. The van der Waals surface area contributed by atoms with Crippen molar-refractivity contribution in [3.63, 3.8) is 0 Å². The first-order valence-electron chi connectivity index (χ1n) is 5.68. The Balaban J connectivity index is 2.58. The molecule has 0 aromatic heterocycles. The smallest absolute Gasteiger partial charge is 0.194 e. The molecule has 0 fully saturated rings. The summed E-state index contributed by atoms with van der Waals surface area (Å²) in [6, 6.07) is 4.35. The maximum atomic E-state index is 13.8. The van der Waals surface area contributed by atoms with E-state index in [-0.39, 0.29) is 16.9 Å². The van der Waals surface area contributed by atoms with E-state index in [1.54, 1.807) is 0 Å². The van der Waals surface area contributed by atoms with Crippen LogP contribution in [0.1, 0.15) is 17.2 Å². The minimum Gasteiger partial charge on any atom is -0.496 e. The minimum atomic E-state index is -1.65. The first kappa shape index (κ1) is 14.3. The monoisotopic (exact) mass is 285 g/mol. The molecule has 0 saturated carbocycles. The number of nitrogens with two attached hydrogens (primary N) is 1. The lowest BCUT2D eigenvalue weighted by Crippen LogP contribution is -2.17. The van der Waals surface area contributed by atoms with E-state index >= 15 is 0 Å². The van der Waals surface area contributed by atoms with Gasteiger partial charge >= 0.3 is 0 Å². The zero-order valence-corrected chi connectivity index (χ0v) is 10.5. The van der Waals surface area contributed by atoms with E-state index in [2.05, 4.69) is 0 Å². The van der Waals surface area contributed by atoms with E-state index in [1.807, 2.05) is 0 Å². The zero-order chi connectivity index (χ0) is 14.9. The predicted octanol–water partition coefficient (Wildman–Crippen LogP) is 3.30. The molecule has 2 rings (SSSR count). The van der Waals surface area contributed by atoms with Gasteiger partial charge in [-0.25, -0.2) is 17.6 Å². The van der Waals surface area contributed by atoms with Crippen LogP contribution in [0.3, 0.4) is 0 Å². The normalized spacial score (nSPS) is 12.3. The van der Waals surface area contributed by atoms with Crippen molar-refractivity contribution in [2.75, 3.05) is 7.11 Å². The first-order chi connectivity index (χ1) is 9.47. The molecule has 0 spiro atoms. The molecule has 0 bridgehead atoms. The second kappa shape index (κ2) is 5.50. The number of hydrogen-bond donors (Lipinski definition) is 1. The lowest BCUT2D eigenvalue weighted by molar-refractivity contribution is 0.399. The van der Waals surface area contributed by atoms with Gasteiger partial charge in [-0.05, 0) is 18.2 Å². The summed E-state index contributed by atoms with van der Waals surface area (Å²) in [6.07, 6.45) is 0. The molecule has 0 aliphatic carbocycles. The molecular formula is C14H11F4NO. The highest BCUT2D eigenvalue weighted by molar-refractivity contribution is 5.42. The standard InChI is InChI=1S/C14H11F4NO/c1-20-10-4-2-3-8(15)11(10)14(19)7-5-6-9(16)13(18)12(7)17/h2-6,14H,19H2,1H3. The Bertz CT molecular complexity index is 645. The summed E-state index contributed by atoms with van der Waals surface area (Å²) in [5, 5.41) is 0. The topological polar surface area (TPSA) is 35.2 Å². The van der Waals surface area contributed by atoms with Gasteiger partial charge in [0, 0.05) is 5.56 Å². The maximum absolute atomic E-state index is 13.8. The summed E-state index contributed by atoms with van der Waals surface area (Å²) in [5.74, 6) is -5.04. The second-order valence-electron chi connectivity index (χ2n) is 4.10. The highest BCUT2D eigenvalue weighted by Gasteiger charge is 2.24. The van der Waals surface area contributed by atoms with Gasteiger partial charge in [-0.15, -0.1) is 0 Å². The van der Waals surface area contributed by atoms with Crippen LogP contribution in [0, 0.1) is 23.3 Å². The maximum Gasteiger partial charge on any atom is 0.194 e. The highest BCUT2D eigenvalue weighted by atomic mass is 19.2. The van der Waals surface area contributed by atoms with Crippen LogP contribution in [-0.2, 0) is 0 Å². The van der Waals surface area contributed by atoms with Crippen LogP contribution in [0.15, 0.2) is 30.3 Å². The van der Waals surface area contributed by atoms with E-state index < -0.39 is 29.3 Å². The Morgan fingerprint density at radius 3 is 2.30 bits per heavy atom. The lowest BCUT2D eigenvalue weighted by atomic mass is 9.97. The molecule has 6 heteroatoms. The van der Waals surface area contributed by atoms with Crippen molar-refractivity contribution in [1.82, 2.24) is 0 Å². The zero-order valence-electron chi connectivity index (χ0n) is 10.5. The fraction of sp³-hybridized carbons (Fsp3) is 0.143. The molecule has 0 amide bonds. The van der Waals surface area contributed by atoms with Crippen LogP contribution in [-0.4, -0.2) is 7.11 Å². The number of halogens is 4. The molecule has 0 saturated heterocycles. The quantitative estimate of drug-likeness (QED) is 0.693. The van der Waals surface area contributed by atoms with Gasteiger partial charge in [0.1, 0.15) is 11.6 Å². The third kappa shape index (κ3) is 2.34. The Morgan fingerprint density at radius 2 is 1.65 bits per heavy atom. The molecule has 106 valence electrons. The van der Waals surface area contributed by atoms with Crippen molar-refractivity contribution in [3.8, 4) is 5.75 Å². The molecule has 1 unspecified atom stereocenters. The first-order valence-corrected chi connectivity index (χ1v) is 5.68. The molecule has 2 aromatic rings. The number of ether oxygens (including phenoxy) is 1. The van der Waals surface area contributed by atoms with E-state index in [1.165, 1.54) is 19.2 Å². The van der Waals surface area contributed by atoms with E-state index in [0.29, 0.717) is 0 Å². The van der Waals surface area contributed by atoms with Gasteiger partial charge in [-0.3, -0.25) is 0 Å². The van der Waals surface area contributed by atoms with Crippen LogP contribution >= 0.6 is 0 Å². The fourth-order valence-corrected chi connectivity index (χ4v) is 1.93.